The van der Waals surface area contributed by atoms with E-state index in [0.717, 1.165) is 71.2 Å². The fourth-order valence-corrected chi connectivity index (χ4v) is 5.31. The van der Waals surface area contributed by atoms with Gasteiger partial charge >= 0.3 is 0 Å². The average molecular weight is 501 g/mol. The molecule has 0 heterocycles. The Labute approximate surface area is 220 Å². The molecule has 0 saturated heterocycles. The van der Waals surface area contributed by atoms with E-state index in [-0.39, 0.29) is 22.4 Å². The summed E-state index contributed by atoms with van der Waals surface area (Å²) in [6.07, 6.45) is 8.67. The molecule has 0 amide bonds. The van der Waals surface area contributed by atoms with Crippen LogP contribution in [0, 0.1) is 17.8 Å². The van der Waals surface area contributed by atoms with E-state index in [1.165, 1.54) is 0 Å². The van der Waals surface area contributed by atoms with E-state index >= 15 is 0 Å². The average Bonchev–Trinajstić information content (AvgIpc) is 2.65. The molecular formula is C31H64O4. The van der Waals surface area contributed by atoms with Crippen molar-refractivity contribution in [1.29, 1.82) is 0 Å². The SMILES string of the molecule is CCCC(C)(C)OCCC(C)CC(C)(C)OCCC(C)CC(C)(C)OCCC(C)CC(C)(C)OC. The maximum atomic E-state index is 6.35. The molecular weight excluding hydrogens is 436 g/mol. The number of methoxy groups -OCH3 is 1. The summed E-state index contributed by atoms with van der Waals surface area (Å²) < 4.78 is 24.3. The first-order chi connectivity index (χ1) is 15.9. The van der Waals surface area contributed by atoms with Gasteiger partial charge in [0.25, 0.3) is 0 Å². The van der Waals surface area contributed by atoms with Crippen molar-refractivity contribution in [3.63, 3.8) is 0 Å². The molecule has 0 bridgehead atoms. The first-order valence-corrected chi connectivity index (χ1v) is 14.4. The molecule has 0 aromatic rings. The molecule has 0 aromatic carbocycles. The summed E-state index contributed by atoms with van der Waals surface area (Å²) in [5.74, 6) is 1.74. The van der Waals surface area contributed by atoms with Crippen molar-refractivity contribution in [2.24, 2.45) is 17.8 Å². The number of rotatable bonds is 21. The van der Waals surface area contributed by atoms with E-state index in [9.17, 15) is 0 Å². The third-order valence-electron chi connectivity index (χ3n) is 7.24. The highest BCUT2D eigenvalue weighted by Gasteiger charge is 2.26. The Balaban J connectivity index is 4.23. The Kier molecular flexibility index (Phi) is 15.9. The van der Waals surface area contributed by atoms with Gasteiger partial charge in [-0.15, -0.1) is 0 Å². The molecule has 0 aliphatic heterocycles. The quantitative estimate of drug-likeness (QED) is 0.158. The third kappa shape index (κ3) is 18.7. The fraction of sp³-hybridized carbons (Fsp3) is 1.00. The first kappa shape index (κ1) is 34.8. The molecule has 212 valence electrons. The van der Waals surface area contributed by atoms with Crippen LogP contribution in [0.4, 0.5) is 0 Å². The maximum Gasteiger partial charge on any atom is 0.0629 e. The molecule has 3 atom stereocenters. The van der Waals surface area contributed by atoms with E-state index < -0.39 is 0 Å². The monoisotopic (exact) mass is 500 g/mol. The van der Waals surface area contributed by atoms with Crippen molar-refractivity contribution >= 4 is 0 Å². The lowest BCUT2D eigenvalue weighted by Crippen LogP contribution is -2.31. The molecule has 4 nitrogen and oxygen atoms in total. The van der Waals surface area contributed by atoms with Crippen LogP contribution in [0.25, 0.3) is 0 Å². The van der Waals surface area contributed by atoms with Gasteiger partial charge in [0.05, 0.1) is 22.4 Å². The molecule has 0 spiro atoms. The van der Waals surface area contributed by atoms with Crippen LogP contribution in [-0.2, 0) is 18.9 Å². The topological polar surface area (TPSA) is 36.9 Å². The second kappa shape index (κ2) is 15.9. The summed E-state index contributed by atoms with van der Waals surface area (Å²) in [5, 5.41) is 0. The zero-order valence-corrected chi connectivity index (χ0v) is 26.1. The second-order valence-electron chi connectivity index (χ2n) is 13.8. The summed E-state index contributed by atoms with van der Waals surface area (Å²) in [7, 11) is 1.80. The maximum absolute atomic E-state index is 6.35. The van der Waals surface area contributed by atoms with Gasteiger partial charge in [-0.05, 0) is 118 Å². The smallest absolute Gasteiger partial charge is 0.0629 e. The Hall–Kier alpha value is -0.160. The Morgan fingerprint density at radius 3 is 1.14 bits per heavy atom. The summed E-state index contributed by atoms with van der Waals surface area (Å²) in [6, 6.07) is 0. The van der Waals surface area contributed by atoms with Crippen LogP contribution in [-0.4, -0.2) is 49.3 Å². The first-order valence-electron chi connectivity index (χ1n) is 14.4. The van der Waals surface area contributed by atoms with E-state index in [0.29, 0.717) is 17.8 Å². The molecule has 3 unspecified atom stereocenters. The number of ether oxygens (including phenoxy) is 4. The highest BCUT2D eigenvalue weighted by Crippen LogP contribution is 2.28. The molecule has 0 aromatic heterocycles. The van der Waals surface area contributed by atoms with E-state index in [4.69, 9.17) is 18.9 Å². The van der Waals surface area contributed by atoms with Crippen molar-refractivity contribution < 1.29 is 18.9 Å². The van der Waals surface area contributed by atoms with Crippen molar-refractivity contribution in [1.82, 2.24) is 0 Å². The highest BCUT2D eigenvalue weighted by atomic mass is 16.5. The van der Waals surface area contributed by atoms with Crippen LogP contribution in [0.3, 0.4) is 0 Å². The highest BCUT2D eigenvalue weighted by molar-refractivity contribution is 4.76. The Morgan fingerprint density at radius 1 is 0.514 bits per heavy atom. The van der Waals surface area contributed by atoms with E-state index in [1.807, 2.05) is 0 Å². The molecule has 0 aliphatic carbocycles. The summed E-state index contributed by atoms with van der Waals surface area (Å²) in [5.41, 5.74) is -0.274. The van der Waals surface area contributed by atoms with Crippen LogP contribution < -0.4 is 0 Å². The van der Waals surface area contributed by atoms with E-state index in [1.54, 1.807) is 7.11 Å². The zero-order valence-electron chi connectivity index (χ0n) is 26.1. The second-order valence-corrected chi connectivity index (χ2v) is 13.8. The zero-order chi connectivity index (χ0) is 27.3. The van der Waals surface area contributed by atoms with Crippen LogP contribution >= 0.6 is 0 Å². The molecule has 0 saturated carbocycles. The molecule has 35 heavy (non-hydrogen) atoms. The van der Waals surface area contributed by atoms with Crippen LogP contribution in [0.5, 0.6) is 0 Å². The fourth-order valence-electron chi connectivity index (χ4n) is 5.31. The molecule has 0 aliphatic rings. The molecule has 0 N–H and O–H groups in total. The van der Waals surface area contributed by atoms with Gasteiger partial charge in [-0.2, -0.15) is 0 Å². The van der Waals surface area contributed by atoms with Crippen LogP contribution in [0.15, 0.2) is 0 Å². The number of hydrogen-bond acceptors (Lipinski definition) is 4. The Morgan fingerprint density at radius 2 is 0.829 bits per heavy atom. The third-order valence-corrected chi connectivity index (χ3v) is 7.24. The standard InChI is InChI=1S/C31H64O4/c1-14-18-28(5,6)33-19-15-26(3)23-30(9,10)35-21-17-27(4)24-31(11,12)34-20-16-25(2)22-29(7,8)32-13/h25-27H,14-24H2,1-13H3. The summed E-state index contributed by atoms with van der Waals surface area (Å²) >= 11 is 0. The van der Waals surface area contributed by atoms with Gasteiger partial charge in [-0.25, -0.2) is 0 Å². The van der Waals surface area contributed by atoms with Crippen LogP contribution in [0.1, 0.15) is 134 Å². The minimum Gasteiger partial charge on any atom is -0.379 e. The van der Waals surface area contributed by atoms with Gasteiger partial charge in [-0.3, -0.25) is 0 Å². The predicted octanol–water partition coefficient (Wildman–Crippen LogP) is 8.85. The molecule has 0 rings (SSSR count). The molecule has 0 radical (unpaired) electrons. The lowest BCUT2D eigenvalue weighted by atomic mass is 9.91. The van der Waals surface area contributed by atoms with Gasteiger partial charge in [0.15, 0.2) is 0 Å². The minimum absolute atomic E-state index is 0.00665. The lowest BCUT2D eigenvalue weighted by Gasteiger charge is -2.32. The predicted molar refractivity (Wildman–Crippen MR) is 151 cm³/mol. The minimum atomic E-state index is -0.106. The number of hydrogen-bond donors (Lipinski definition) is 0. The van der Waals surface area contributed by atoms with Gasteiger partial charge in [0.1, 0.15) is 0 Å². The van der Waals surface area contributed by atoms with Crippen molar-refractivity contribution in [3.05, 3.63) is 0 Å². The van der Waals surface area contributed by atoms with Gasteiger partial charge in [-0.1, -0.05) is 34.1 Å². The normalized spacial score (nSPS) is 16.4. The lowest BCUT2D eigenvalue weighted by molar-refractivity contribution is -0.0595. The van der Waals surface area contributed by atoms with Crippen LogP contribution in [0.2, 0.25) is 0 Å². The molecule has 4 heteroatoms. The van der Waals surface area contributed by atoms with Gasteiger partial charge in [0.2, 0.25) is 0 Å². The largest absolute Gasteiger partial charge is 0.379 e. The summed E-state index contributed by atoms with van der Waals surface area (Å²) in [6.45, 7) is 29.2. The van der Waals surface area contributed by atoms with Crippen molar-refractivity contribution in [3.8, 4) is 0 Å². The van der Waals surface area contributed by atoms with Crippen molar-refractivity contribution in [2.75, 3.05) is 26.9 Å². The summed E-state index contributed by atoms with van der Waals surface area (Å²) in [4.78, 5) is 0. The van der Waals surface area contributed by atoms with E-state index in [2.05, 4.69) is 83.1 Å². The Bertz CT molecular complexity index is 538. The molecule has 0 fully saturated rings. The van der Waals surface area contributed by atoms with Crippen molar-refractivity contribution in [2.45, 2.75) is 157 Å². The van der Waals surface area contributed by atoms with Gasteiger partial charge < -0.3 is 18.9 Å². The van der Waals surface area contributed by atoms with Gasteiger partial charge in [0, 0.05) is 26.9 Å².